The highest BCUT2D eigenvalue weighted by molar-refractivity contribution is 8.13. The number of halogens is 3. The number of thioether (sulfide) groups is 1. The summed E-state index contributed by atoms with van der Waals surface area (Å²) in [4.78, 5) is 16.6. The molecule has 4 nitrogen and oxygen atoms in total. The molecule has 0 bridgehead atoms. The highest BCUT2D eigenvalue weighted by atomic mass is 35.5. The molecule has 1 amide bonds. The van der Waals surface area contributed by atoms with Crippen molar-refractivity contribution in [3.05, 3.63) is 60.4 Å². The van der Waals surface area contributed by atoms with Crippen molar-refractivity contribution in [2.75, 3.05) is 48.7 Å². The quantitative estimate of drug-likeness (QED) is 0.623. The van der Waals surface area contributed by atoms with Gasteiger partial charge in [0, 0.05) is 43.3 Å². The van der Waals surface area contributed by atoms with E-state index in [0.29, 0.717) is 0 Å². The fourth-order valence-corrected chi connectivity index (χ4v) is 3.66. The number of amides is 1. The molecule has 0 radical (unpaired) electrons. The second kappa shape index (κ2) is 12.9. The first-order valence-electron chi connectivity index (χ1n) is 8.92. The molecule has 0 spiro atoms. The summed E-state index contributed by atoms with van der Waals surface area (Å²) in [5.74, 6) is 0.623. The van der Waals surface area contributed by atoms with Crippen LogP contribution < -0.4 is 10.2 Å². The molecule has 2 aromatic rings. The topological polar surface area (TPSA) is 35.6 Å². The van der Waals surface area contributed by atoms with Crippen LogP contribution >= 0.6 is 36.6 Å². The average molecular weight is 446 g/mol. The van der Waals surface area contributed by atoms with Crippen LogP contribution in [0.1, 0.15) is 6.42 Å². The number of piperazine rings is 1. The van der Waals surface area contributed by atoms with Crippen molar-refractivity contribution in [3.8, 4) is 0 Å². The van der Waals surface area contributed by atoms with Crippen molar-refractivity contribution in [2.45, 2.75) is 6.42 Å². The van der Waals surface area contributed by atoms with Crippen molar-refractivity contribution >= 4 is 53.2 Å². The summed E-state index contributed by atoms with van der Waals surface area (Å²) < 4.78 is 13.0. The predicted molar refractivity (Wildman–Crippen MR) is 122 cm³/mol. The standard InChI is InChI=1S/C20H24FN3OS.2ClH/c21-17-7-9-19(10-8-17)24-14-12-23(13-15-24)11-4-16-26-20(25)22-18-5-2-1-3-6-18;;/h1-3,5-10H,4,11-16H2,(H,22,25);2*1H. The van der Waals surface area contributed by atoms with Crippen LogP contribution in [0.4, 0.5) is 20.6 Å². The minimum atomic E-state index is -0.193. The molecular formula is C20H26Cl2FN3OS. The third-order valence-corrected chi connectivity index (χ3v) is 5.29. The van der Waals surface area contributed by atoms with Crippen molar-refractivity contribution in [1.29, 1.82) is 0 Å². The Hall–Kier alpha value is -1.47. The summed E-state index contributed by atoms with van der Waals surface area (Å²) in [7, 11) is 0. The molecule has 1 aliphatic rings. The number of nitrogens with one attached hydrogen (secondary N) is 1. The lowest BCUT2D eigenvalue weighted by Crippen LogP contribution is -2.46. The second-order valence-electron chi connectivity index (χ2n) is 6.29. The molecule has 28 heavy (non-hydrogen) atoms. The summed E-state index contributed by atoms with van der Waals surface area (Å²) in [5, 5.41) is 2.88. The summed E-state index contributed by atoms with van der Waals surface area (Å²) in [6.07, 6.45) is 0.990. The van der Waals surface area contributed by atoms with Crippen molar-refractivity contribution in [1.82, 2.24) is 4.90 Å². The first-order chi connectivity index (χ1) is 12.7. The Kier molecular flexibility index (Phi) is 11.3. The highest BCUT2D eigenvalue weighted by Crippen LogP contribution is 2.17. The van der Waals surface area contributed by atoms with E-state index < -0.39 is 0 Å². The highest BCUT2D eigenvalue weighted by Gasteiger charge is 2.17. The zero-order valence-electron chi connectivity index (χ0n) is 15.6. The van der Waals surface area contributed by atoms with E-state index in [-0.39, 0.29) is 35.9 Å². The molecule has 2 aromatic carbocycles. The van der Waals surface area contributed by atoms with Crippen LogP contribution in [0, 0.1) is 5.82 Å². The Morgan fingerprint density at radius 2 is 1.61 bits per heavy atom. The van der Waals surface area contributed by atoms with Gasteiger partial charge in [-0.25, -0.2) is 4.39 Å². The molecule has 0 atom stereocenters. The first-order valence-corrected chi connectivity index (χ1v) is 9.91. The fraction of sp³-hybridized carbons (Fsp3) is 0.350. The van der Waals surface area contributed by atoms with Crippen LogP contribution in [0.5, 0.6) is 0 Å². The van der Waals surface area contributed by atoms with Crippen molar-refractivity contribution in [3.63, 3.8) is 0 Å². The van der Waals surface area contributed by atoms with E-state index in [9.17, 15) is 9.18 Å². The summed E-state index contributed by atoms with van der Waals surface area (Å²) >= 11 is 1.34. The monoisotopic (exact) mass is 445 g/mol. The van der Waals surface area contributed by atoms with Gasteiger partial charge in [-0.3, -0.25) is 9.69 Å². The predicted octanol–water partition coefficient (Wildman–Crippen LogP) is 5.15. The molecule has 1 aliphatic heterocycles. The third kappa shape index (κ3) is 7.87. The second-order valence-corrected chi connectivity index (χ2v) is 7.35. The Morgan fingerprint density at radius 1 is 0.964 bits per heavy atom. The van der Waals surface area contributed by atoms with E-state index in [4.69, 9.17) is 0 Å². The van der Waals surface area contributed by atoms with Crippen LogP contribution in [0.15, 0.2) is 54.6 Å². The van der Waals surface area contributed by atoms with Crippen LogP contribution in [-0.2, 0) is 0 Å². The van der Waals surface area contributed by atoms with Gasteiger partial charge in [-0.1, -0.05) is 30.0 Å². The Labute approximate surface area is 182 Å². The number of hydrogen-bond donors (Lipinski definition) is 1. The number of para-hydroxylation sites is 1. The van der Waals surface area contributed by atoms with Crippen LogP contribution in [0.3, 0.4) is 0 Å². The zero-order chi connectivity index (χ0) is 18.2. The minimum Gasteiger partial charge on any atom is -0.369 e. The van der Waals surface area contributed by atoms with E-state index in [2.05, 4.69) is 15.1 Å². The van der Waals surface area contributed by atoms with E-state index in [1.807, 2.05) is 42.5 Å². The molecular weight excluding hydrogens is 420 g/mol. The average Bonchev–Trinajstić information content (AvgIpc) is 2.67. The zero-order valence-corrected chi connectivity index (χ0v) is 18.0. The summed E-state index contributed by atoms with van der Waals surface area (Å²) in [6, 6.07) is 16.2. The molecule has 0 aromatic heterocycles. The van der Waals surface area contributed by atoms with Gasteiger partial charge in [-0.2, -0.15) is 0 Å². The van der Waals surface area contributed by atoms with Crippen LogP contribution in [0.25, 0.3) is 0 Å². The maximum atomic E-state index is 13.0. The lowest BCUT2D eigenvalue weighted by atomic mass is 10.2. The summed E-state index contributed by atoms with van der Waals surface area (Å²) in [5.41, 5.74) is 1.92. The van der Waals surface area contributed by atoms with Gasteiger partial charge in [0.05, 0.1) is 0 Å². The van der Waals surface area contributed by atoms with Gasteiger partial charge in [-0.15, -0.1) is 24.8 Å². The maximum absolute atomic E-state index is 13.0. The molecule has 1 saturated heterocycles. The number of anilines is 2. The molecule has 1 heterocycles. The Bertz CT molecular complexity index is 698. The lowest BCUT2D eigenvalue weighted by Gasteiger charge is -2.36. The van der Waals surface area contributed by atoms with E-state index in [1.165, 1.54) is 23.9 Å². The van der Waals surface area contributed by atoms with Crippen molar-refractivity contribution < 1.29 is 9.18 Å². The molecule has 0 saturated carbocycles. The molecule has 1 fully saturated rings. The number of rotatable bonds is 6. The molecule has 8 heteroatoms. The smallest absolute Gasteiger partial charge is 0.283 e. The number of carbonyl (C=O) groups excluding carboxylic acids is 1. The van der Waals surface area contributed by atoms with E-state index in [1.54, 1.807) is 0 Å². The Morgan fingerprint density at radius 3 is 2.25 bits per heavy atom. The van der Waals surface area contributed by atoms with Gasteiger partial charge in [-0.05, 0) is 49.4 Å². The number of benzene rings is 2. The maximum Gasteiger partial charge on any atom is 0.283 e. The molecule has 0 unspecified atom stereocenters. The fourth-order valence-electron chi connectivity index (χ4n) is 3.01. The van der Waals surface area contributed by atoms with Gasteiger partial charge in [0.1, 0.15) is 5.82 Å². The number of hydrogen-bond acceptors (Lipinski definition) is 4. The van der Waals surface area contributed by atoms with Gasteiger partial charge in [0.2, 0.25) is 0 Å². The van der Waals surface area contributed by atoms with Gasteiger partial charge in [0.15, 0.2) is 0 Å². The van der Waals surface area contributed by atoms with Gasteiger partial charge >= 0.3 is 0 Å². The van der Waals surface area contributed by atoms with Gasteiger partial charge in [0.25, 0.3) is 5.24 Å². The molecule has 0 aliphatic carbocycles. The van der Waals surface area contributed by atoms with E-state index in [0.717, 1.165) is 56.3 Å². The summed E-state index contributed by atoms with van der Waals surface area (Å²) in [6.45, 7) is 4.90. The van der Waals surface area contributed by atoms with E-state index >= 15 is 0 Å². The normalized spacial score (nSPS) is 14.0. The SMILES string of the molecule is Cl.Cl.O=C(Nc1ccccc1)SCCCN1CCN(c2ccc(F)cc2)CC1. The lowest BCUT2D eigenvalue weighted by molar-refractivity contribution is 0.259. The largest absolute Gasteiger partial charge is 0.369 e. The van der Waals surface area contributed by atoms with Crippen LogP contribution in [-0.4, -0.2) is 48.6 Å². The first kappa shape index (κ1) is 24.6. The third-order valence-electron chi connectivity index (χ3n) is 4.44. The molecule has 1 N–H and O–H groups in total. The molecule has 3 rings (SSSR count). The number of carbonyl (C=O) groups is 1. The molecule has 154 valence electrons. The minimum absolute atomic E-state index is 0. The number of nitrogens with zero attached hydrogens (tertiary/aromatic N) is 2. The Balaban J connectivity index is 0.00000196. The van der Waals surface area contributed by atoms with Gasteiger partial charge < -0.3 is 10.2 Å². The van der Waals surface area contributed by atoms with Crippen molar-refractivity contribution in [2.24, 2.45) is 0 Å². The van der Waals surface area contributed by atoms with Crippen LogP contribution in [0.2, 0.25) is 0 Å².